The molecule has 2 heterocycles. The lowest BCUT2D eigenvalue weighted by Crippen LogP contribution is -2.35. The number of likely N-dealkylation sites (tertiary alicyclic amines) is 1. The molecular weight excluding hydrogens is 528 g/mol. The lowest BCUT2D eigenvalue weighted by Gasteiger charge is -2.31. The van der Waals surface area contributed by atoms with Gasteiger partial charge < -0.3 is 9.26 Å². The summed E-state index contributed by atoms with van der Waals surface area (Å²) in [5.41, 5.74) is 2.80. The number of ether oxygens (including phenoxy) is 1. The van der Waals surface area contributed by atoms with Crippen molar-refractivity contribution in [2.45, 2.75) is 45.1 Å². The molecule has 3 aromatic rings. The third-order valence-electron chi connectivity index (χ3n) is 7.02. The van der Waals surface area contributed by atoms with Crippen molar-refractivity contribution in [1.82, 2.24) is 19.8 Å². The van der Waals surface area contributed by atoms with Crippen LogP contribution in [0, 0.1) is 12.8 Å². The van der Waals surface area contributed by atoms with Crippen molar-refractivity contribution in [3.05, 3.63) is 64.0 Å². The van der Waals surface area contributed by atoms with Gasteiger partial charge >= 0.3 is 0 Å². The summed E-state index contributed by atoms with van der Waals surface area (Å²) in [7, 11) is -3.63. The second-order valence-corrected chi connectivity index (χ2v) is 12.4. The maximum Gasteiger partial charge on any atom is 0.264 e. The number of hydrogen-bond donors (Lipinski definition) is 1. The molecule has 38 heavy (non-hydrogen) atoms. The lowest BCUT2D eigenvalue weighted by molar-refractivity contribution is 0.0981. The number of sulfonamides is 1. The Bertz CT molecular complexity index is 1430. The molecular formula is C27H31ClN4O5S. The van der Waals surface area contributed by atoms with Crippen molar-refractivity contribution in [2.75, 3.05) is 26.0 Å². The van der Waals surface area contributed by atoms with Crippen LogP contribution in [0.2, 0.25) is 5.02 Å². The Morgan fingerprint density at radius 1 is 1.18 bits per heavy atom. The Balaban J connectivity index is 1.16. The maximum absolute atomic E-state index is 12.5. The van der Waals surface area contributed by atoms with E-state index in [1.165, 1.54) is 0 Å². The largest absolute Gasteiger partial charge is 0.493 e. The van der Waals surface area contributed by atoms with Gasteiger partial charge in [-0.15, -0.1) is 0 Å². The number of carbonyl (C=O) groups is 1. The number of halogens is 1. The Morgan fingerprint density at radius 3 is 2.61 bits per heavy atom. The number of aryl methyl sites for hydroxylation is 1. The van der Waals surface area contributed by atoms with Crippen LogP contribution < -0.4 is 9.46 Å². The zero-order chi connectivity index (χ0) is 26.9. The highest BCUT2D eigenvalue weighted by atomic mass is 35.5. The number of nitrogens with zero attached hydrogens (tertiary/aromatic N) is 3. The molecule has 0 bridgehead atoms. The molecule has 2 fully saturated rings. The molecule has 1 N–H and O–H groups in total. The van der Waals surface area contributed by atoms with Crippen molar-refractivity contribution in [1.29, 1.82) is 0 Å². The third kappa shape index (κ3) is 6.54. The molecule has 2 aliphatic rings. The quantitative estimate of drug-likeness (QED) is 0.406. The highest BCUT2D eigenvalue weighted by Crippen LogP contribution is 2.45. The van der Waals surface area contributed by atoms with Crippen LogP contribution in [-0.4, -0.2) is 55.3 Å². The molecule has 1 saturated heterocycles. The normalized spacial score (nSPS) is 16.9. The van der Waals surface area contributed by atoms with Gasteiger partial charge in [0.1, 0.15) is 5.75 Å². The minimum Gasteiger partial charge on any atom is -0.493 e. The van der Waals surface area contributed by atoms with Crippen molar-refractivity contribution in [3.8, 4) is 17.1 Å². The van der Waals surface area contributed by atoms with Crippen molar-refractivity contribution < 1.29 is 22.5 Å². The standard InChI is InChI=1S/C27H31ClN4O5S/c1-17-13-24(22(19-7-8-19)14-21(17)27(33)31-38(2,34)35)36-16-18-9-11-32(12-10-18)15-25-29-26(30-37-25)20-5-3-4-6-23(20)28/h3-6,13-14,18-19H,7-12,15-16H2,1-2H3,(H,31,33). The fraction of sp³-hybridized carbons (Fsp3) is 0.444. The van der Waals surface area contributed by atoms with E-state index in [-0.39, 0.29) is 0 Å². The van der Waals surface area contributed by atoms with Crippen molar-refractivity contribution >= 4 is 27.5 Å². The summed E-state index contributed by atoms with van der Waals surface area (Å²) in [5.74, 6) is 2.01. The molecule has 11 heteroatoms. The molecule has 1 saturated carbocycles. The van der Waals surface area contributed by atoms with Gasteiger partial charge in [0.15, 0.2) is 0 Å². The van der Waals surface area contributed by atoms with E-state index in [2.05, 4.69) is 19.8 Å². The highest BCUT2D eigenvalue weighted by molar-refractivity contribution is 7.89. The average molecular weight is 559 g/mol. The van der Waals surface area contributed by atoms with Crippen LogP contribution >= 0.6 is 11.6 Å². The average Bonchev–Trinajstić information content (AvgIpc) is 3.61. The molecule has 202 valence electrons. The summed E-state index contributed by atoms with van der Waals surface area (Å²) in [5, 5.41) is 4.68. The number of piperidine rings is 1. The van der Waals surface area contributed by atoms with Gasteiger partial charge in [-0.05, 0) is 92.9 Å². The number of hydrogen-bond acceptors (Lipinski definition) is 8. The Morgan fingerprint density at radius 2 is 1.92 bits per heavy atom. The monoisotopic (exact) mass is 558 g/mol. The van der Waals surface area contributed by atoms with Gasteiger partial charge in [-0.1, -0.05) is 28.9 Å². The van der Waals surface area contributed by atoms with Gasteiger partial charge in [-0.3, -0.25) is 9.69 Å². The molecule has 0 unspecified atom stereocenters. The van der Waals surface area contributed by atoms with Crippen LogP contribution in [0.1, 0.15) is 59.0 Å². The minimum absolute atomic E-state index is 0.349. The molecule has 1 amide bonds. The molecule has 5 rings (SSSR count). The number of benzene rings is 2. The molecule has 9 nitrogen and oxygen atoms in total. The van der Waals surface area contributed by atoms with E-state index < -0.39 is 15.9 Å². The minimum atomic E-state index is -3.63. The molecule has 1 aliphatic heterocycles. The number of aromatic nitrogens is 2. The number of amides is 1. The fourth-order valence-electron chi connectivity index (χ4n) is 4.79. The predicted octanol–water partition coefficient (Wildman–Crippen LogP) is 4.56. The first kappa shape index (κ1) is 26.6. The van der Waals surface area contributed by atoms with Gasteiger partial charge in [-0.2, -0.15) is 4.98 Å². The van der Waals surface area contributed by atoms with Crippen LogP contribution in [-0.2, 0) is 16.6 Å². The number of rotatable bonds is 9. The van der Waals surface area contributed by atoms with Crippen LogP contribution in [0.4, 0.5) is 0 Å². The topological polar surface area (TPSA) is 115 Å². The smallest absolute Gasteiger partial charge is 0.264 e. The molecule has 0 spiro atoms. The van der Waals surface area contributed by atoms with Crippen molar-refractivity contribution in [3.63, 3.8) is 0 Å². The highest BCUT2D eigenvalue weighted by Gasteiger charge is 2.30. The molecule has 0 radical (unpaired) electrons. The van der Waals surface area contributed by atoms with Gasteiger partial charge in [0.25, 0.3) is 5.91 Å². The lowest BCUT2D eigenvalue weighted by atomic mass is 9.97. The summed E-state index contributed by atoms with van der Waals surface area (Å²) in [6.07, 6.45) is 5.03. The van der Waals surface area contributed by atoms with Crippen LogP contribution in [0.15, 0.2) is 40.9 Å². The second kappa shape index (κ2) is 11.0. The first-order valence-corrected chi connectivity index (χ1v) is 15.0. The van der Waals surface area contributed by atoms with E-state index >= 15 is 0 Å². The first-order valence-electron chi connectivity index (χ1n) is 12.8. The zero-order valence-electron chi connectivity index (χ0n) is 21.4. The Kier molecular flexibility index (Phi) is 7.74. The van der Waals surface area contributed by atoms with E-state index in [0.717, 1.165) is 61.9 Å². The first-order chi connectivity index (χ1) is 18.2. The summed E-state index contributed by atoms with van der Waals surface area (Å²) in [6, 6.07) is 11.1. The Hall–Kier alpha value is -2.95. The van der Waals surface area contributed by atoms with Crippen molar-refractivity contribution in [2.24, 2.45) is 5.92 Å². The van der Waals surface area contributed by atoms with E-state index in [9.17, 15) is 13.2 Å². The number of carbonyl (C=O) groups excluding carboxylic acids is 1. The van der Waals surface area contributed by atoms with Gasteiger partial charge in [0.05, 0.1) is 24.4 Å². The van der Waals surface area contributed by atoms with E-state index in [0.29, 0.717) is 52.9 Å². The maximum atomic E-state index is 12.5. The summed E-state index contributed by atoms with van der Waals surface area (Å²) in [6.45, 7) is 4.79. The van der Waals surface area contributed by atoms with Crippen LogP contribution in [0.25, 0.3) is 11.4 Å². The fourth-order valence-corrected chi connectivity index (χ4v) is 5.45. The third-order valence-corrected chi connectivity index (χ3v) is 7.91. The van der Waals surface area contributed by atoms with Gasteiger partial charge in [0.2, 0.25) is 21.7 Å². The summed E-state index contributed by atoms with van der Waals surface area (Å²) < 4.78 is 36.9. The van der Waals surface area contributed by atoms with Gasteiger partial charge in [0, 0.05) is 11.1 Å². The Labute approximate surface area is 227 Å². The second-order valence-electron chi connectivity index (χ2n) is 10.2. The summed E-state index contributed by atoms with van der Waals surface area (Å²) in [4.78, 5) is 19.3. The van der Waals surface area contributed by atoms with Crippen LogP contribution in [0.3, 0.4) is 0 Å². The zero-order valence-corrected chi connectivity index (χ0v) is 23.0. The molecule has 2 aromatic carbocycles. The van der Waals surface area contributed by atoms with Gasteiger partial charge in [-0.25, -0.2) is 13.1 Å². The summed E-state index contributed by atoms with van der Waals surface area (Å²) >= 11 is 6.25. The van der Waals surface area contributed by atoms with Crippen LogP contribution in [0.5, 0.6) is 5.75 Å². The SMILES string of the molecule is Cc1cc(OCC2CCN(Cc3nc(-c4ccccc4Cl)no3)CC2)c(C2CC2)cc1C(=O)NS(C)(=O)=O. The molecule has 0 atom stereocenters. The molecule has 1 aliphatic carbocycles. The number of nitrogens with one attached hydrogen (secondary N) is 1. The predicted molar refractivity (Wildman–Crippen MR) is 144 cm³/mol. The van der Waals surface area contributed by atoms with E-state index in [1.807, 2.05) is 24.3 Å². The van der Waals surface area contributed by atoms with E-state index in [1.54, 1.807) is 19.1 Å². The molecule has 1 aromatic heterocycles. The van der Waals surface area contributed by atoms with E-state index in [4.69, 9.17) is 20.9 Å².